The van der Waals surface area contributed by atoms with Gasteiger partial charge in [-0.3, -0.25) is 4.79 Å². The molecule has 1 unspecified atom stereocenters. The third-order valence-corrected chi connectivity index (χ3v) is 4.07. The van der Waals surface area contributed by atoms with Gasteiger partial charge < -0.3 is 10.6 Å². The number of rotatable bonds is 6. The summed E-state index contributed by atoms with van der Waals surface area (Å²) in [6.45, 7) is 0.480. The van der Waals surface area contributed by atoms with Gasteiger partial charge in [0.1, 0.15) is 0 Å². The van der Waals surface area contributed by atoms with E-state index in [9.17, 15) is 4.79 Å². The summed E-state index contributed by atoms with van der Waals surface area (Å²) in [5.74, 6) is -0.0729. The quantitative estimate of drug-likeness (QED) is 0.753. The highest BCUT2D eigenvalue weighted by Crippen LogP contribution is 2.10. The topological polar surface area (TPSA) is 64.2 Å². The van der Waals surface area contributed by atoms with E-state index in [1.54, 1.807) is 22.8 Å². The number of nitrogens with zero attached hydrogens (tertiary/aromatic N) is 3. The van der Waals surface area contributed by atoms with Crippen molar-refractivity contribution in [3.63, 3.8) is 0 Å². The maximum Gasteiger partial charge on any atom is 0.239 e. The lowest BCUT2D eigenvalue weighted by molar-refractivity contribution is -0.131. The van der Waals surface area contributed by atoms with E-state index in [1.807, 2.05) is 66.9 Å². The lowest BCUT2D eigenvalue weighted by atomic mass is 10.1. The Bertz CT molecular complexity index is 814. The van der Waals surface area contributed by atoms with Gasteiger partial charge in [-0.25, -0.2) is 4.68 Å². The first-order valence-electron chi connectivity index (χ1n) is 8.27. The van der Waals surface area contributed by atoms with Crippen LogP contribution in [0, 0.1) is 0 Å². The lowest BCUT2D eigenvalue weighted by Crippen LogP contribution is -2.42. The second-order valence-corrected chi connectivity index (χ2v) is 6.12. The molecule has 0 saturated carbocycles. The van der Waals surface area contributed by atoms with Crippen molar-refractivity contribution in [2.75, 3.05) is 7.05 Å². The average Bonchev–Trinajstić information content (AvgIpc) is 3.11. The summed E-state index contributed by atoms with van der Waals surface area (Å²) < 4.78 is 1.80. The smallest absolute Gasteiger partial charge is 0.239 e. The molecule has 0 spiro atoms. The number of benzene rings is 2. The first-order chi connectivity index (χ1) is 12.1. The SMILES string of the molecule is CN(Cc1cnn(-c2ccccc2)c1)C(=O)C(N)Cc1ccccc1. The molecule has 0 aliphatic carbocycles. The first kappa shape index (κ1) is 16.9. The van der Waals surface area contributed by atoms with E-state index in [0.717, 1.165) is 16.8 Å². The van der Waals surface area contributed by atoms with E-state index < -0.39 is 6.04 Å². The van der Waals surface area contributed by atoms with Gasteiger partial charge in [0, 0.05) is 25.4 Å². The van der Waals surface area contributed by atoms with Crippen molar-refractivity contribution in [3.8, 4) is 5.69 Å². The summed E-state index contributed by atoms with van der Waals surface area (Å²) in [6.07, 6.45) is 4.24. The molecule has 0 fully saturated rings. The first-order valence-corrected chi connectivity index (χ1v) is 8.27. The van der Waals surface area contributed by atoms with Crippen LogP contribution in [-0.4, -0.2) is 33.7 Å². The number of hydrogen-bond acceptors (Lipinski definition) is 3. The highest BCUT2D eigenvalue weighted by atomic mass is 16.2. The van der Waals surface area contributed by atoms with Crippen LogP contribution < -0.4 is 5.73 Å². The Morgan fingerprint density at radius 2 is 1.72 bits per heavy atom. The molecule has 0 saturated heterocycles. The Morgan fingerprint density at radius 3 is 2.40 bits per heavy atom. The lowest BCUT2D eigenvalue weighted by Gasteiger charge is -2.20. The molecule has 0 bridgehead atoms. The maximum atomic E-state index is 12.5. The molecule has 128 valence electrons. The van der Waals surface area contributed by atoms with Crippen LogP contribution in [0.15, 0.2) is 73.1 Å². The zero-order valence-electron chi connectivity index (χ0n) is 14.2. The van der Waals surface area contributed by atoms with Crippen molar-refractivity contribution in [3.05, 3.63) is 84.2 Å². The molecular formula is C20H22N4O. The van der Waals surface area contributed by atoms with Gasteiger partial charge in [-0.1, -0.05) is 48.5 Å². The highest BCUT2D eigenvalue weighted by Gasteiger charge is 2.19. The molecule has 0 radical (unpaired) electrons. The largest absolute Gasteiger partial charge is 0.340 e. The van der Waals surface area contributed by atoms with Gasteiger partial charge in [0.15, 0.2) is 0 Å². The van der Waals surface area contributed by atoms with Crippen LogP contribution in [0.5, 0.6) is 0 Å². The number of para-hydroxylation sites is 1. The fourth-order valence-corrected chi connectivity index (χ4v) is 2.75. The zero-order valence-corrected chi connectivity index (χ0v) is 14.2. The molecule has 5 heteroatoms. The molecular weight excluding hydrogens is 312 g/mol. The van der Waals surface area contributed by atoms with Crippen molar-refractivity contribution in [2.24, 2.45) is 5.73 Å². The number of aromatic nitrogens is 2. The fourth-order valence-electron chi connectivity index (χ4n) is 2.75. The van der Waals surface area contributed by atoms with Crippen LogP contribution in [-0.2, 0) is 17.8 Å². The molecule has 2 N–H and O–H groups in total. The van der Waals surface area contributed by atoms with E-state index >= 15 is 0 Å². The summed E-state index contributed by atoms with van der Waals surface area (Å²) in [4.78, 5) is 14.2. The van der Waals surface area contributed by atoms with Gasteiger partial charge in [-0.05, 0) is 24.1 Å². The zero-order chi connectivity index (χ0) is 17.6. The Hall–Kier alpha value is -2.92. The second kappa shape index (κ2) is 7.77. The average molecular weight is 334 g/mol. The number of carbonyl (C=O) groups is 1. The van der Waals surface area contributed by atoms with Crippen LogP contribution in [0.2, 0.25) is 0 Å². The van der Waals surface area contributed by atoms with E-state index in [4.69, 9.17) is 5.73 Å². The fraction of sp³-hybridized carbons (Fsp3) is 0.200. The Labute approximate surface area is 147 Å². The minimum absolute atomic E-state index is 0.0729. The highest BCUT2D eigenvalue weighted by molar-refractivity contribution is 5.81. The number of hydrogen-bond donors (Lipinski definition) is 1. The van der Waals surface area contributed by atoms with Crippen molar-refractivity contribution >= 4 is 5.91 Å². The van der Waals surface area contributed by atoms with Crippen LogP contribution in [0.3, 0.4) is 0 Å². The Balaban J connectivity index is 1.61. The van der Waals surface area contributed by atoms with Crippen LogP contribution in [0.1, 0.15) is 11.1 Å². The number of likely N-dealkylation sites (N-methyl/N-ethyl adjacent to an activating group) is 1. The van der Waals surface area contributed by atoms with Crippen LogP contribution in [0.4, 0.5) is 0 Å². The molecule has 3 rings (SSSR count). The van der Waals surface area contributed by atoms with Gasteiger partial charge in [0.05, 0.1) is 17.9 Å². The maximum absolute atomic E-state index is 12.5. The molecule has 0 aliphatic heterocycles. The predicted octanol–water partition coefficient (Wildman–Crippen LogP) is 2.40. The van der Waals surface area contributed by atoms with Gasteiger partial charge in [0.2, 0.25) is 5.91 Å². The number of amides is 1. The molecule has 1 amide bonds. The molecule has 1 aromatic heterocycles. The summed E-state index contributed by atoms with van der Waals surface area (Å²) in [5, 5.41) is 4.36. The van der Waals surface area contributed by atoms with Crippen molar-refractivity contribution < 1.29 is 4.79 Å². The molecule has 3 aromatic rings. The van der Waals surface area contributed by atoms with Crippen molar-refractivity contribution in [1.29, 1.82) is 0 Å². The minimum Gasteiger partial charge on any atom is -0.340 e. The second-order valence-electron chi connectivity index (χ2n) is 6.12. The summed E-state index contributed by atoms with van der Waals surface area (Å²) in [7, 11) is 1.77. The van der Waals surface area contributed by atoms with Crippen LogP contribution >= 0.6 is 0 Å². The van der Waals surface area contributed by atoms with Gasteiger partial charge in [-0.15, -0.1) is 0 Å². The van der Waals surface area contributed by atoms with E-state index in [1.165, 1.54) is 0 Å². The normalized spacial score (nSPS) is 11.9. The molecule has 25 heavy (non-hydrogen) atoms. The third kappa shape index (κ3) is 4.33. The number of nitrogens with two attached hydrogens (primary N) is 1. The molecule has 2 aromatic carbocycles. The molecule has 1 atom stereocenters. The third-order valence-electron chi connectivity index (χ3n) is 4.07. The van der Waals surface area contributed by atoms with E-state index in [-0.39, 0.29) is 5.91 Å². The van der Waals surface area contributed by atoms with Gasteiger partial charge in [0.25, 0.3) is 0 Å². The summed E-state index contributed by atoms with van der Waals surface area (Å²) in [5.41, 5.74) is 9.11. The van der Waals surface area contributed by atoms with E-state index in [2.05, 4.69) is 5.10 Å². The minimum atomic E-state index is -0.545. The predicted molar refractivity (Wildman–Crippen MR) is 98.2 cm³/mol. The van der Waals surface area contributed by atoms with Crippen LogP contribution in [0.25, 0.3) is 5.69 Å². The molecule has 0 aliphatic rings. The standard InChI is InChI=1S/C20H22N4O/c1-23(20(25)19(21)12-16-8-4-2-5-9-16)14-17-13-22-24(15-17)18-10-6-3-7-11-18/h2-11,13,15,19H,12,14,21H2,1H3. The van der Waals surface area contributed by atoms with Gasteiger partial charge in [-0.2, -0.15) is 5.10 Å². The number of carbonyl (C=O) groups excluding carboxylic acids is 1. The van der Waals surface area contributed by atoms with Crippen molar-refractivity contribution in [1.82, 2.24) is 14.7 Å². The monoisotopic (exact) mass is 334 g/mol. The van der Waals surface area contributed by atoms with Crippen molar-refractivity contribution in [2.45, 2.75) is 19.0 Å². The van der Waals surface area contributed by atoms with Gasteiger partial charge >= 0.3 is 0 Å². The Morgan fingerprint density at radius 1 is 1.08 bits per heavy atom. The molecule has 1 heterocycles. The van der Waals surface area contributed by atoms with E-state index in [0.29, 0.717) is 13.0 Å². The summed E-state index contributed by atoms with van der Waals surface area (Å²) in [6, 6.07) is 19.2. The Kier molecular flexibility index (Phi) is 5.26. The summed E-state index contributed by atoms with van der Waals surface area (Å²) >= 11 is 0. The molecule has 5 nitrogen and oxygen atoms in total.